The topological polar surface area (TPSA) is 20.2 Å². The molecule has 0 unspecified atom stereocenters. The molecular formula is C11H14O. The molecular weight excluding hydrogens is 148 g/mol. The average molecular weight is 162 g/mol. The molecule has 0 amide bonds. The van der Waals surface area contributed by atoms with E-state index in [1.165, 1.54) is 11.1 Å². The van der Waals surface area contributed by atoms with Gasteiger partial charge in [-0.05, 0) is 31.2 Å². The largest absolute Gasteiger partial charge is 0.393 e. The van der Waals surface area contributed by atoms with Crippen molar-refractivity contribution in [1.82, 2.24) is 0 Å². The highest BCUT2D eigenvalue weighted by Gasteiger charge is 2.28. The Labute approximate surface area is 73.0 Å². The summed E-state index contributed by atoms with van der Waals surface area (Å²) >= 11 is 0. The summed E-state index contributed by atoms with van der Waals surface area (Å²) in [7, 11) is 0. The van der Waals surface area contributed by atoms with Gasteiger partial charge in [-0.15, -0.1) is 0 Å². The molecule has 1 saturated carbocycles. The average Bonchev–Trinajstić information content (AvgIpc) is 1.99. The molecule has 1 aromatic rings. The fourth-order valence-corrected chi connectivity index (χ4v) is 1.78. The van der Waals surface area contributed by atoms with Gasteiger partial charge in [0.2, 0.25) is 0 Å². The number of hydrogen-bond donors (Lipinski definition) is 1. The van der Waals surface area contributed by atoms with E-state index in [2.05, 4.69) is 31.2 Å². The Morgan fingerprint density at radius 1 is 1.33 bits per heavy atom. The van der Waals surface area contributed by atoms with Gasteiger partial charge in [0.25, 0.3) is 0 Å². The zero-order valence-electron chi connectivity index (χ0n) is 7.33. The van der Waals surface area contributed by atoms with Gasteiger partial charge < -0.3 is 5.11 Å². The van der Waals surface area contributed by atoms with Gasteiger partial charge in [0.05, 0.1) is 6.10 Å². The first kappa shape index (κ1) is 7.81. The number of aliphatic hydroxyl groups excluding tert-OH is 1. The van der Waals surface area contributed by atoms with Gasteiger partial charge in [-0.2, -0.15) is 0 Å². The first-order chi connectivity index (χ1) is 5.75. The lowest BCUT2D eigenvalue weighted by atomic mass is 9.77. The van der Waals surface area contributed by atoms with Crippen molar-refractivity contribution in [3.8, 4) is 0 Å². The smallest absolute Gasteiger partial charge is 0.0552 e. The van der Waals surface area contributed by atoms with Gasteiger partial charge in [0, 0.05) is 0 Å². The molecule has 1 aliphatic rings. The fraction of sp³-hybridized carbons (Fsp3) is 0.455. The van der Waals surface area contributed by atoms with E-state index in [4.69, 9.17) is 5.11 Å². The number of hydrogen-bond acceptors (Lipinski definition) is 1. The second-order valence-electron chi connectivity index (χ2n) is 3.74. The van der Waals surface area contributed by atoms with Gasteiger partial charge in [-0.1, -0.05) is 29.8 Å². The van der Waals surface area contributed by atoms with E-state index in [9.17, 15) is 0 Å². The molecule has 1 heteroatoms. The minimum absolute atomic E-state index is 0.0458. The van der Waals surface area contributed by atoms with E-state index in [0.717, 1.165) is 12.8 Å². The lowest BCUT2D eigenvalue weighted by Crippen LogP contribution is -2.26. The summed E-state index contributed by atoms with van der Waals surface area (Å²) < 4.78 is 0. The molecule has 0 bridgehead atoms. The normalized spacial score (nSPS) is 28.2. The third-order valence-corrected chi connectivity index (χ3v) is 2.63. The maximum absolute atomic E-state index is 9.15. The highest BCUT2D eigenvalue weighted by Crippen LogP contribution is 2.36. The summed E-state index contributed by atoms with van der Waals surface area (Å²) in [5.41, 5.74) is 2.70. The number of aliphatic hydroxyl groups is 1. The molecule has 0 aromatic heterocycles. The monoisotopic (exact) mass is 162 g/mol. The van der Waals surface area contributed by atoms with Gasteiger partial charge in [0.15, 0.2) is 0 Å². The Morgan fingerprint density at radius 2 is 2.08 bits per heavy atom. The number of rotatable bonds is 1. The van der Waals surface area contributed by atoms with Crippen LogP contribution in [0.5, 0.6) is 0 Å². The predicted octanol–water partition coefficient (Wildman–Crippen LogP) is 2.23. The van der Waals surface area contributed by atoms with Crippen LogP contribution in [0.25, 0.3) is 0 Å². The Morgan fingerprint density at radius 3 is 2.67 bits per heavy atom. The third kappa shape index (κ3) is 1.37. The first-order valence-electron chi connectivity index (χ1n) is 4.50. The van der Waals surface area contributed by atoms with Crippen LogP contribution in [0.4, 0.5) is 0 Å². The molecule has 0 atom stereocenters. The Hall–Kier alpha value is -0.820. The quantitative estimate of drug-likeness (QED) is 0.671. The molecule has 1 aliphatic carbocycles. The van der Waals surface area contributed by atoms with Crippen LogP contribution in [0.3, 0.4) is 0 Å². The molecule has 1 fully saturated rings. The molecule has 12 heavy (non-hydrogen) atoms. The van der Waals surface area contributed by atoms with Crippen molar-refractivity contribution >= 4 is 0 Å². The lowest BCUT2D eigenvalue weighted by Gasteiger charge is -2.31. The summed E-state index contributed by atoms with van der Waals surface area (Å²) in [4.78, 5) is 0. The zero-order valence-corrected chi connectivity index (χ0v) is 7.33. The predicted molar refractivity (Wildman–Crippen MR) is 49.2 cm³/mol. The van der Waals surface area contributed by atoms with Crippen LogP contribution < -0.4 is 0 Å². The Kier molecular flexibility index (Phi) is 1.89. The van der Waals surface area contributed by atoms with E-state index >= 15 is 0 Å². The van der Waals surface area contributed by atoms with Crippen molar-refractivity contribution in [1.29, 1.82) is 0 Å². The van der Waals surface area contributed by atoms with Crippen LogP contribution in [0.15, 0.2) is 24.3 Å². The van der Waals surface area contributed by atoms with E-state index in [0.29, 0.717) is 5.92 Å². The molecule has 1 aromatic carbocycles. The van der Waals surface area contributed by atoms with Crippen LogP contribution >= 0.6 is 0 Å². The van der Waals surface area contributed by atoms with Crippen molar-refractivity contribution in [3.05, 3.63) is 35.4 Å². The van der Waals surface area contributed by atoms with Crippen LogP contribution in [-0.2, 0) is 0 Å². The maximum atomic E-state index is 9.15. The van der Waals surface area contributed by atoms with Crippen LogP contribution in [-0.4, -0.2) is 11.2 Å². The van der Waals surface area contributed by atoms with Crippen molar-refractivity contribution in [2.45, 2.75) is 31.8 Å². The van der Waals surface area contributed by atoms with E-state index in [-0.39, 0.29) is 6.10 Å². The SMILES string of the molecule is Cc1cccc(C2CC(O)C2)c1. The second kappa shape index (κ2) is 2.91. The Bertz CT molecular complexity index is 274. The van der Waals surface area contributed by atoms with Gasteiger partial charge >= 0.3 is 0 Å². The van der Waals surface area contributed by atoms with Gasteiger partial charge in [-0.3, -0.25) is 0 Å². The molecule has 0 heterocycles. The molecule has 1 N–H and O–H groups in total. The summed E-state index contributed by atoms with van der Waals surface area (Å²) in [6.07, 6.45) is 1.85. The fourth-order valence-electron chi connectivity index (χ4n) is 1.78. The van der Waals surface area contributed by atoms with Crippen LogP contribution in [0.1, 0.15) is 29.9 Å². The van der Waals surface area contributed by atoms with E-state index in [1.807, 2.05) is 0 Å². The first-order valence-corrected chi connectivity index (χ1v) is 4.50. The highest BCUT2D eigenvalue weighted by molar-refractivity contribution is 5.27. The van der Waals surface area contributed by atoms with Crippen molar-refractivity contribution < 1.29 is 5.11 Å². The van der Waals surface area contributed by atoms with Crippen molar-refractivity contribution in [2.24, 2.45) is 0 Å². The minimum Gasteiger partial charge on any atom is -0.393 e. The molecule has 64 valence electrons. The Balaban J connectivity index is 2.13. The van der Waals surface area contributed by atoms with Crippen LogP contribution in [0.2, 0.25) is 0 Å². The molecule has 0 aliphatic heterocycles. The van der Waals surface area contributed by atoms with Gasteiger partial charge in [0.1, 0.15) is 0 Å². The molecule has 0 saturated heterocycles. The summed E-state index contributed by atoms with van der Waals surface area (Å²) in [6.45, 7) is 2.11. The number of benzene rings is 1. The summed E-state index contributed by atoms with van der Waals surface area (Å²) in [5.74, 6) is 0.611. The molecule has 0 spiro atoms. The molecule has 0 radical (unpaired) electrons. The van der Waals surface area contributed by atoms with Gasteiger partial charge in [-0.25, -0.2) is 0 Å². The second-order valence-corrected chi connectivity index (χ2v) is 3.74. The van der Waals surface area contributed by atoms with Crippen molar-refractivity contribution in [2.75, 3.05) is 0 Å². The molecule has 2 rings (SSSR count). The van der Waals surface area contributed by atoms with Crippen molar-refractivity contribution in [3.63, 3.8) is 0 Å². The third-order valence-electron chi connectivity index (χ3n) is 2.63. The van der Waals surface area contributed by atoms with E-state index < -0.39 is 0 Å². The zero-order chi connectivity index (χ0) is 8.55. The van der Waals surface area contributed by atoms with E-state index in [1.54, 1.807) is 0 Å². The van der Waals surface area contributed by atoms with Crippen LogP contribution in [0, 0.1) is 6.92 Å². The minimum atomic E-state index is -0.0458. The highest BCUT2D eigenvalue weighted by atomic mass is 16.3. The number of aryl methyl sites for hydroxylation is 1. The molecule has 1 nitrogen and oxygen atoms in total. The summed E-state index contributed by atoms with van der Waals surface area (Å²) in [5, 5.41) is 9.15. The standard InChI is InChI=1S/C11H14O/c1-8-3-2-4-9(5-8)10-6-11(12)7-10/h2-5,10-12H,6-7H2,1H3. The summed E-state index contributed by atoms with van der Waals surface area (Å²) in [6, 6.07) is 8.58. The lowest BCUT2D eigenvalue weighted by molar-refractivity contribution is 0.0746. The maximum Gasteiger partial charge on any atom is 0.0552 e.